The molecule has 9 heteroatoms. The van der Waals surface area contributed by atoms with Gasteiger partial charge in [0.15, 0.2) is 0 Å². The molecular weight excluding hydrogens is 457 g/mol. The van der Waals surface area contributed by atoms with Crippen molar-refractivity contribution in [1.29, 1.82) is 0 Å². The number of carboxylic acids is 1. The SMILES string of the molecule is O=C(O)c1ccc(-c2cn3c(n2)sc2cc([I-][N+](=O)O)ccc23)cc1. The standard InChI is InChI=1S/C16H10IN3O4S/c21-15(22)10-3-1-9(2-4-10)12-8-19-13-6-5-11(17-20(23)24)7-14(13)25-16(19)18-12/h1-8H,(H,21,22)(H,23,24). The molecule has 0 spiro atoms. The summed E-state index contributed by atoms with van der Waals surface area (Å²) < 4.78 is 3.81. The van der Waals surface area contributed by atoms with Crippen molar-refractivity contribution in [2.45, 2.75) is 0 Å². The summed E-state index contributed by atoms with van der Waals surface area (Å²) in [6.45, 7) is 0. The van der Waals surface area contributed by atoms with Gasteiger partial charge in [0, 0.05) is 0 Å². The minimum atomic E-state index is -1.11. The first-order valence-corrected chi connectivity index (χ1v) is 9.94. The molecule has 0 fully saturated rings. The van der Waals surface area contributed by atoms with Crippen LogP contribution < -0.4 is 21.5 Å². The van der Waals surface area contributed by atoms with Crippen LogP contribution in [0.2, 0.25) is 0 Å². The van der Waals surface area contributed by atoms with E-state index in [1.165, 1.54) is 11.3 Å². The van der Waals surface area contributed by atoms with E-state index in [-0.39, 0.29) is 8.70 Å². The maximum absolute atomic E-state index is 10.9. The Labute approximate surface area is 155 Å². The van der Waals surface area contributed by atoms with Crippen LogP contribution in [0.15, 0.2) is 48.7 Å². The molecule has 0 amide bonds. The summed E-state index contributed by atoms with van der Waals surface area (Å²) in [5, 5.41) is 17.8. The zero-order chi connectivity index (χ0) is 17.6. The molecule has 0 unspecified atom stereocenters. The number of rotatable bonds is 4. The van der Waals surface area contributed by atoms with Gasteiger partial charge < -0.3 is 5.11 Å². The predicted molar refractivity (Wildman–Crippen MR) is 87.1 cm³/mol. The normalized spacial score (nSPS) is 11.4. The van der Waals surface area contributed by atoms with Crippen molar-refractivity contribution in [3.05, 3.63) is 62.7 Å². The van der Waals surface area contributed by atoms with Crippen molar-refractivity contribution in [2.24, 2.45) is 0 Å². The fraction of sp³-hybridized carbons (Fsp3) is 0. The van der Waals surface area contributed by atoms with Crippen molar-refractivity contribution in [3.63, 3.8) is 0 Å². The van der Waals surface area contributed by atoms with Gasteiger partial charge in [-0.1, -0.05) is 0 Å². The number of imidazole rings is 1. The molecule has 126 valence electrons. The Bertz CT molecular complexity index is 1130. The molecule has 4 aromatic rings. The Hall–Kier alpha value is -2.53. The number of benzene rings is 2. The van der Waals surface area contributed by atoms with Gasteiger partial charge in [0.1, 0.15) is 0 Å². The molecule has 0 saturated heterocycles. The number of fused-ring (bicyclic) bond motifs is 3. The van der Waals surface area contributed by atoms with Gasteiger partial charge in [-0.15, -0.1) is 0 Å². The van der Waals surface area contributed by atoms with Crippen LogP contribution in [0.25, 0.3) is 26.4 Å². The van der Waals surface area contributed by atoms with Gasteiger partial charge in [-0.25, -0.2) is 4.79 Å². The number of aromatic nitrogens is 2. The molecule has 0 aliphatic carbocycles. The molecule has 0 saturated carbocycles. The number of carbonyl (C=O) groups is 1. The molecule has 7 nitrogen and oxygen atoms in total. The molecule has 0 radical (unpaired) electrons. The predicted octanol–water partition coefficient (Wildman–Crippen LogP) is 0.256. The molecule has 2 aromatic heterocycles. The first-order valence-electron chi connectivity index (χ1n) is 7.08. The molecule has 4 rings (SSSR count). The Morgan fingerprint density at radius 2 is 1.96 bits per heavy atom. The molecule has 0 aliphatic rings. The van der Waals surface area contributed by atoms with Crippen molar-refractivity contribution in [1.82, 2.24) is 9.38 Å². The molecule has 2 heterocycles. The van der Waals surface area contributed by atoms with Gasteiger partial charge in [0.25, 0.3) is 0 Å². The molecule has 0 atom stereocenters. The summed E-state index contributed by atoms with van der Waals surface area (Å²) in [4.78, 5) is 27.2. The minimum absolute atomic E-state index is 0.0116. The quantitative estimate of drug-likeness (QED) is 0.255. The van der Waals surface area contributed by atoms with E-state index in [1.54, 1.807) is 24.3 Å². The van der Waals surface area contributed by atoms with E-state index >= 15 is 0 Å². The van der Waals surface area contributed by atoms with Gasteiger partial charge in [0.2, 0.25) is 0 Å². The molecule has 2 aromatic carbocycles. The fourth-order valence-corrected chi connectivity index (χ4v) is 5.06. The van der Waals surface area contributed by atoms with Crippen molar-refractivity contribution < 1.29 is 39.7 Å². The van der Waals surface area contributed by atoms with Gasteiger partial charge in [-0.05, 0) is 0 Å². The van der Waals surface area contributed by atoms with Crippen LogP contribution >= 0.6 is 11.3 Å². The Balaban J connectivity index is 1.75. The molecular formula is C16H10IN3O4S. The topological polar surface area (TPSA) is 94.9 Å². The monoisotopic (exact) mass is 467 g/mol. The average molecular weight is 467 g/mol. The summed E-state index contributed by atoms with van der Waals surface area (Å²) >= 11 is 0.387. The number of hydrogen-bond donors (Lipinski definition) is 2. The second-order valence-electron chi connectivity index (χ2n) is 5.19. The number of nitrogens with zero attached hydrogens (tertiary/aromatic N) is 3. The van der Waals surface area contributed by atoms with E-state index < -0.39 is 27.4 Å². The van der Waals surface area contributed by atoms with E-state index in [1.807, 2.05) is 28.8 Å². The molecule has 0 aliphatic heterocycles. The van der Waals surface area contributed by atoms with E-state index in [0.717, 1.165) is 30.0 Å². The zero-order valence-electron chi connectivity index (χ0n) is 12.5. The van der Waals surface area contributed by atoms with Crippen molar-refractivity contribution >= 4 is 32.5 Å². The third-order valence-electron chi connectivity index (χ3n) is 3.65. The van der Waals surface area contributed by atoms with E-state index in [0.29, 0.717) is 0 Å². The van der Waals surface area contributed by atoms with Crippen molar-refractivity contribution in [3.8, 4) is 11.3 Å². The van der Waals surface area contributed by atoms with Crippen molar-refractivity contribution in [2.75, 3.05) is 0 Å². The summed E-state index contributed by atoms with van der Waals surface area (Å²) in [7, 11) is 0. The summed E-state index contributed by atoms with van der Waals surface area (Å²) in [6.07, 6.45) is 1.91. The summed E-state index contributed by atoms with van der Waals surface area (Å²) in [5.74, 6) is -0.957. The Morgan fingerprint density at radius 1 is 1.20 bits per heavy atom. The van der Waals surface area contributed by atoms with Crippen LogP contribution in [-0.2, 0) is 0 Å². The molecule has 25 heavy (non-hydrogen) atoms. The van der Waals surface area contributed by atoms with E-state index in [2.05, 4.69) is 4.98 Å². The van der Waals surface area contributed by atoms with E-state index in [9.17, 15) is 9.70 Å². The Morgan fingerprint density at radius 3 is 2.64 bits per heavy atom. The van der Waals surface area contributed by atoms with Gasteiger partial charge in [0.05, 0.1) is 0 Å². The number of aromatic carboxylic acids is 1. The fourth-order valence-electron chi connectivity index (χ4n) is 2.53. The van der Waals surface area contributed by atoms with Gasteiger partial charge in [-0.2, -0.15) is 0 Å². The zero-order valence-corrected chi connectivity index (χ0v) is 15.4. The van der Waals surface area contributed by atoms with Crippen LogP contribution in [0.4, 0.5) is 0 Å². The number of thiazole rings is 1. The van der Waals surface area contributed by atoms with Crippen LogP contribution in [0.1, 0.15) is 10.4 Å². The molecule has 0 bridgehead atoms. The Kier molecular flexibility index (Phi) is 3.88. The average Bonchev–Trinajstić information content (AvgIpc) is 3.11. The van der Waals surface area contributed by atoms with Crippen LogP contribution in [-0.4, -0.2) is 28.8 Å². The van der Waals surface area contributed by atoms with Gasteiger partial charge in [-0.3, -0.25) is 0 Å². The maximum atomic E-state index is 10.9. The van der Waals surface area contributed by atoms with Crippen LogP contribution in [0.3, 0.4) is 0 Å². The first kappa shape index (κ1) is 16.0. The first-order chi connectivity index (χ1) is 12.0. The van der Waals surface area contributed by atoms with Crippen LogP contribution in [0, 0.1) is 8.48 Å². The third-order valence-corrected chi connectivity index (χ3v) is 6.31. The third kappa shape index (κ3) is 2.96. The number of carboxylic acid groups (broad SMARTS) is 1. The van der Waals surface area contributed by atoms with Gasteiger partial charge >= 0.3 is 146 Å². The molecule has 2 N–H and O–H groups in total. The number of halogens is 1. The number of hydrogen-bond acceptors (Lipinski definition) is 4. The van der Waals surface area contributed by atoms with Crippen LogP contribution in [0.5, 0.6) is 0 Å². The summed E-state index contributed by atoms with van der Waals surface area (Å²) in [6, 6.07) is 12.3. The van der Waals surface area contributed by atoms with E-state index in [4.69, 9.17) is 10.3 Å². The summed E-state index contributed by atoms with van der Waals surface area (Å²) in [5.41, 5.74) is 2.83. The second kappa shape index (κ2) is 6.08. The second-order valence-corrected chi connectivity index (χ2v) is 8.75.